The predicted octanol–water partition coefficient (Wildman–Crippen LogP) is 7.84. The molecule has 0 fully saturated rings. The highest BCUT2D eigenvalue weighted by molar-refractivity contribution is 6.26. The van der Waals surface area contributed by atoms with Crippen LogP contribution in [0.3, 0.4) is 0 Å². The van der Waals surface area contributed by atoms with Crippen molar-refractivity contribution in [2.75, 3.05) is 0 Å². The second-order valence-corrected chi connectivity index (χ2v) is 9.40. The molecule has 0 amide bonds. The average Bonchev–Trinajstić information content (AvgIpc) is 3.30. The van der Waals surface area contributed by atoms with E-state index in [0.717, 1.165) is 32.7 Å². The third kappa shape index (κ3) is 3.37. The fourth-order valence-corrected chi connectivity index (χ4v) is 5.58. The maximum Gasteiger partial charge on any atom is 0.206 e. The molecule has 40 heavy (non-hydrogen) atoms. The van der Waals surface area contributed by atoms with Gasteiger partial charge in [-0.2, -0.15) is 15.5 Å². The number of aliphatic imine (C=N–C) groups is 1. The second kappa shape index (κ2) is 8.99. The van der Waals surface area contributed by atoms with Crippen LogP contribution in [0.5, 0.6) is 0 Å². The summed E-state index contributed by atoms with van der Waals surface area (Å²) in [4.78, 5) is 17.3. The van der Waals surface area contributed by atoms with Crippen molar-refractivity contribution in [3.63, 3.8) is 0 Å². The van der Waals surface area contributed by atoms with E-state index in [0.29, 0.717) is 50.6 Å². The largest absolute Gasteiger partial charge is 0.257 e. The fourth-order valence-electron chi connectivity index (χ4n) is 5.58. The Morgan fingerprint density at radius 2 is 1.23 bits per heavy atom. The first-order valence-corrected chi connectivity index (χ1v) is 12.5. The number of aromatic nitrogens is 2. The number of nitriles is 2. The predicted molar refractivity (Wildman–Crippen MR) is 156 cm³/mol. The van der Waals surface area contributed by atoms with Crippen molar-refractivity contribution < 1.29 is 0 Å². The first-order chi connectivity index (χ1) is 19.7. The van der Waals surface area contributed by atoms with Gasteiger partial charge >= 0.3 is 0 Å². The first-order valence-electron chi connectivity index (χ1n) is 12.5. The smallest absolute Gasteiger partial charge is 0.206 e. The highest BCUT2D eigenvalue weighted by Gasteiger charge is 2.30. The lowest BCUT2D eigenvalue weighted by molar-refractivity contribution is 1.35. The summed E-state index contributed by atoms with van der Waals surface area (Å²) in [6, 6.07) is 29.6. The number of benzene rings is 4. The molecule has 6 nitrogen and oxygen atoms in total. The van der Waals surface area contributed by atoms with E-state index < -0.39 is 0 Å². The average molecular weight is 509 g/mol. The van der Waals surface area contributed by atoms with Gasteiger partial charge in [0.1, 0.15) is 0 Å². The summed E-state index contributed by atoms with van der Waals surface area (Å²) in [5.74, 6) is 0. The van der Waals surface area contributed by atoms with Gasteiger partial charge in [0.15, 0.2) is 5.69 Å². The van der Waals surface area contributed by atoms with Gasteiger partial charge in [0.2, 0.25) is 6.19 Å². The zero-order valence-electron chi connectivity index (χ0n) is 20.9. The number of fused-ring (bicyclic) bond motifs is 5. The molecule has 0 saturated heterocycles. The van der Waals surface area contributed by atoms with Gasteiger partial charge < -0.3 is 0 Å². The number of hydrogen-bond acceptors (Lipinski definition) is 5. The van der Waals surface area contributed by atoms with Crippen LogP contribution in [0.15, 0.2) is 102 Å². The van der Waals surface area contributed by atoms with E-state index in [9.17, 15) is 10.5 Å². The number of nitrogens with zero attached hydrogens (tertiary/aromatic N) is 6. The van der Waals surface area contributed by atoms with Gasteiger partial charge in [-0.05, 0) is 57.8 Å². The van der Waals surface area contributed by atoms with Crippen LogP contribution in [0.4, 0.5) is 5.69 Å². The molecular weight excluding hydrogens is 492 g/mol. The topological polar surface area (TPSA) is 90.1 Å². The van der Waals surface area contributed by atoms with Crippen molar-refractivity contribution in [1.82, 2.24) is 9.97 Å². The molecule has 1 aliphatic rings. The van der Waals surface area contributed by atoms with E-state index in [4.69, 9.17) is 6.57 Å². The van der Waals surface area contributed by atoms with Crippen molar-refractivity contribution in [1.29, 1.82) is 10.5 Å². The Balaban J connectivity index is 1.54. The summed E-state index contributed by atoms with van der Waals surface area (Å²) >= 11 is 0. The highest BCUT2D eigenvalue weighted by atomic mass is 14.8. The molecule has 0 saturated carbocycles. The molecular formula is C34H16N6. The van der Waals surface area contributed by atoms with E-state index >= 15 is 0 Å². The molecule has 1 aliphatic carbocycles. The van der Waals surface area contributed by atoms with Gasteiger partial charge in [-0.3, -0.25) is 9.97 Å². The summed E-state index contributed by atoms with van der Waals surface area (Å²) in [6.07, 6.45) is 5.40. The van der Waals surface area contributed by atoms with Crippen molar-refractivity contribution in [3.05, 3.63) is 125 Å². The quantitative estimate of drug-likeness (QED) is 0.176. The molecule has 2 aromatic heterocycles. The monoisotopic (exact) mass is 508 g/mol. The van der Waals surface area contributed by atoms with Crippen LogP contribution in [0.1, 0.15) is 16.7 Å². The van der Waals surface area contributed by atoms with Crippen molar-refractivity contribution in [2.45, 2.75) is 0 Å². The molecule has 7 rings (SSSR count). The summed E-state index contributed by atoms with van der Waals surface area (Å²) < 4.78 is 0. The maximum atomic E-state index is 10.2. The zero-order valence-corrected chi connectivity index (χ0v) is 20.9. The lowest BCUT2D eigenvalue weighted by atomic mass is 9.93. The molecule has 0 unspecified atom stereocenters. The minimum atomic E-state index is 0.414. The minimum Gasteiger partial charge on any atom is -0.257 e. The van der Waals surface area contributed by atoms with Crippen LogP contribution in [-0.4, -0.2) is 15.7 Å². The van der Waals surface area contributed by atoms with Gasteiger partial charge in [0, 0.05) is 39.9 Å². The summed E-state index contributed by atoms with van der Waals surface area (Å²) in [5, 5.41) is 23.6. The first kappa shape index (κ1) is 23.0. The van der Waals surface area contributed by atoms with Crippen molar-refractivity contribution in [2.24, 2.45) is 4.99 Å². The van der Waals surface area contributed by atoms with E-state index in [1.165, 1.54) is 0 Å². The van der Waals surface area contributed by atoms with Crippen molar-refractivity contribution in [3.8, 4) is 45.9 Å². The normalized spacial score (nSPS) is 12.5. The summed E-state index contributed by atoms with van der Waals surface area (Å²) in [5.41, 5.74) is 7.11. The maximum absolute atomic E-state index is 10.2. The fraction of sp³-hybridized carbons (Fsp3) is 0. The van der Waals surface area contributed by atoms with Crippen molar-refractivity contribution >= 4 is 32.9 Å². The number of hydrogen-bond donors (Lipinski definition) is 0. The molecule has 2 heterocycles. The SMILES string of the molecule is [C-]#[N+]c1cc2c(cc1-c1nccc3ccccc13)-c1cc(-c3nccc4ccccc34)c(C#N)cc1C2=NC#N. The van der Waals surface area contributed by atoms with Crippen LogP contribution in [-0.2, 0) is 0 Å². The van der Waals surface area contributed by atoms with E-state index in [-0.39, 0.29) is 0 Å². The van der Waals surface area contributed by atoms with Gasteiger partial charge in [0.25, 0.3) is 0 Å². The summed E-state index contributed by atoms with van der Waals surface area (Å²) in [6.45, 7) is 7.96. The lowest BCUT2D eigenvalue weighted by Crippen LogP contribution is -1.99. The molecule has 6 heteroatoms. The molecule has 6 aromatic rings. The van der Waals surface area contributed by atoms with Gasteiger partial charge in [-0.1, -0.05) is 54.6 Å². The Hall–Kier alpha value is -6.16. The second-order valence-electron chi connectivity index (χ2n) is 9.40. The molecule has 0 N–H and O–H groups in total. The molecule has 4 aromatic carbocycles. The van der Waals surface area contributed by atoms with Gasteiger partial charge in [-0.15, -0.1) is 0 Å². The molecule has 0 bridgehead atoms. The Morgan fingerprint density at radius 3 is 1.82 bits per heavy atom. The lowest BCUT2D eigenvalue weighted by Gasteiger charge is -2.12. The molecule has 0 atom stereocenters. The van der Waals surface area contributed by atoms with E-state index in [1.54, 1.807) is 24.5 Å². The number of rotatable bonds is 2. The van der Waals surface area contributed by atoms with Crippen LogP contribution in [0.2, 0.25) is 0 Å². The third-order valence-electron chi connectivity index (χ3n) is 7.35. The zero-order chi connectivity index (χ0) is 27.2. The molecule has 0 spiro atoms. The van der Waals surface area contributed by atoms with Crippen LogP contribution in [0.25, 0.3) is 60.0 Å². The van der Waals surface area contributed by atoms with Gasteiger partial charge in [0.05, 0.1) is 35.3 Å². The van der Waals surface area contributed by atoms with Crippen LogP contribution < -0.4 is 0 Å². The minimum absolute atomic E-state index is 0.414. The Bertz CT molecular complexity index is 2050. The van der Waals surface area contributed by atoms with Gasteiger partial charge in [-0.25, -0.2) is 4.85 Å². The number of pyridine rings is 2. The Labute approximate surface area is 229 Å². The molecule has 0 radical (unpaired) electrons. The molecule has 182 valence electrons. The molecule has 0 aliphatic heterocycles. The van der Waals surface area contributed by atoms with Crippen LogP contribution >= 0.6 is 0 Å². The van der Waals surface area contributed by atoms with Crippen LogP contribution in [0, 0.1) is 29.4 Å². The highest BCUT2D eigenvalue weighted by Crippen LogP contribution is 2.46. The van der Waals surface area contributed by atoms with E-state index in [2.05, 4.69) is 25.9 Å². The third-order valence-corrected chi connectivity index (χ3v) is 7.35. The Morgan fingerprint density at radius 1 is 0.650 bits per heavy atom. The standard InChI is InChI=1S/C34H16N6/c1-37-31-17-29-27(16-30(31)33-24-9-5-3-7-21(24)11-13-39-33)26-15-25(22(18-35)14-28(26)34(29)40-19-36)32-23-8-4-2-6-20(23)10-12-38-32/h2-17H. The Kier molecular flexibility index (Phi) is 5.17. The summed E-state index contributed by atoms with van der Waals surface area (Å²) in [7, 11) is 0. The van der Waals surface area contributed by atoms with E-state index in [1.807, 2.05) is 79.0 Å².